The molecule has 0 bridgehead atoms. The van der Waals surface area contributed by atoms with Crippen LogP contribution in [0.3, 0.4) is 0 Å². The Morgan fingerprint density at radius 2 is 2.00 bits per heavy atom. The lowest BCUT2D eigenvalue weighted by atomic mass is 9.98. The smallest absolute Gasteiger partial charge is 0.253 e. The van der Waals surface area contributed by atoms with Crippen LogP contribution in [0.4, 0.5) is 0 Å². The number of halogens is 2. The maximum absolute atomic E-state index is 12.4. The van der Waals surface area contributed by atoms with E-state index in [1.165, 1.54) is 12.1 Å². The fourth-order valence-electron chi connectivity index (χ4n) is 2.20. The van der Waals surface area contributed by atoms with E-state index in [2.05, 4.69) is 21.2 Å². The van der Waals surface area contributed by atoms with Gasteiger partial charge in [-0.05, 0) is 44.7 Å². The largest absolute Gasteiger partial charge is 0.347 e. The SMILES string of the molecule is CC(C)(NC(=O)c1cc(Br)cc(S(N)(=O)=O)c1Cl)C1CC1. The van der Waals surface area contributed by atoms with E-state index in [1.807, 2.05) is 13.8 Å². The first-order chi connectivity index (χ1) is 9.52. The summed E-state index contributed by atoms with van der Waals surface area (Å²) in [5.74, 6) is 0.0215. The molecule has 1 saturated carbocycles. The second kappa shape index (κ2) is 5.53. The van der Waals surface area contributed by atoms with Crippen molar-refractivity contribution in [3.63, 3.8) is 0 Å². The summed E-state index contributed by atoms with van der Waals surface area (Å²) in [6.07, 6.45) is 2.14. The van der Waals surface area contributed by atoms with Gasteiger partial charge in [0, 0.05) is 10.0 Å². The van der Waals surface area contributed by atoms with Crippen molar-refractivity contribution in [2.24, 2.45) is 11.1 Å². The molecule has 0 spiro atoms. The number of nitrogens with one attached hydrogen (secondary N) is 1. The van der Waals surface area contributed by atoms with Gasteiger partial charge in [-0.15, -0.1) is 0 Å². The highest BCUT2D eigenvalue weighted by molar-refractivity contribution is 9.10. The van der Waals surface area contributed by atoms with Gasteiger partial charge in [-0.3, -0.25) is 4.79 Å². The third-order valence-corrected chi connectivity index (χ3v) is 5.50. The van der Waals surface area contributed by atoms with Crippen molar-refractivity contribution in [3.05, 3.63) is 27.2 Å². The maximum Gasteiger partial charge on any atom is 0.253 e. The van der Waals surface area contributed by atoms with Gasteiger partial charge in [0.2, 0.25) is 10.0 Å². The molecule has 5 nitrogen and oxygen atoms in total. The third-order valence-electron chi connectivity index (χ3n) is 3.59. The molecule has 21 heavy (non-hydrogen) atoms. The Kier molecular flexibility index (Phi) is 4.41. The van der Waals surface area contributed by atoms with Gasteiger partial charge < -0.3 is 5.32 Å². The van der Waals surface area contributed by atoms with E-state index in [9.17, 15) is 13.2 Å². The number of nitrogens with two attached hydrogens (primary N) is 1. The number of amides is 1. The van der Waals surface area contributed by atoms with Crippen LogP contribution < -0.4 is 10.5 Å². The van der Waals surface area contributed by atoms with E-state index in [0.717, 1.165) is 12.8 Å². The predicted octanol–water partition coefficient (Wildman–Crippen LogP) is 2.67. The fourth-order valence-corrected chi connectivity index (χ4v) is 3.98. The highest BCUT2D eigenvalue weighted by atomic mass is 79.9. The Morgan fingerprint density at radius 3 is 2.48 bits per heavy atom. The number of primary sulfonamides is 1. The Labute approximate surface area is 137 Å². The monoisotopic (exact) mass is 394 g/mol. The first-order valence-corrected chi connectivity index (χ1v) is 9.08. The highest BCUT2D eigenvalue weighted by Crippen LogP contribution is 2.39. The number of carbonyl (C=O) groups excluding carboxylic acids is 1. The van der Waals surface area contributed by atoms with Gasteiger partial charge in [0.25, 0.3) is 5.91 Å². The molecular formula is C13H16BrClN2O3S. The topological polar surface area (TPSA) is 89.3 Å². The van der Waals surface area contributed by atoms with Crippen molar-refractivity contribution in [1.82, 2.24) is 5.32 Å². The van der Waals surface area contributed by atoms with Crippen molar-refractivity contribution in [1.29, 1.82) is 0 Å². The Hall–Kier alpha value is -0.630. The molecule has 1 aromatic carbocycles. The molecular weight excluding hydrogens is 380 g/mol. The second-order valence-electron chi connectivity index (χ2n) is 5.76. The number of hydrogen-bond donors (Lipinski definition) is 2. The summed E-state index contributed by atoms with van der Waals surface area (Å²) in [4.78, 5) is 12.1. The minimum Gasteiger partial charge on any atom is -0.347 e. The van der Waals surface area contributed by atoms with Crippen LogP contribution in [0.25, 0.3) is 0 Å². The molecule has 0 radical (unpaired) electrons. The van der Waals surface area contributed by atoms with Crippen LogP contribution in [0.15, 0.2) is 21.5 Å². The number of benzene rings is 1. The van der Waals surface area contributed by atoms with Crippen molar-refractivity contribution >= 4 is 43.5 Å². The molecule has 0 unspecified atom stereocenters. The standard InChI is InChI=1S/C13H16BrClN2O3S/c1-13(2,7-3-4-7)17-12(18)9-5-8(14)6-10(11(9)15)21(16,19)20/h5-7H,3-4H2,1-2H3,(H,17,18)(H2,16,19,20). The predicted molar refractivity (Wildman–Crippen MR) is 84.8 cm³/mol. The Bertz CT molecular complexity index is 700. The van der Waals surface area contributed by atoms with E-state index >= 15 is 0 Å². The van der Waals surface area contributed by atoms with E-state index < -0.39 is 15.9 Å². The van der Waals surface area contributed by atoms with E-state index in [1.54, 1.807) is 0 Å². The summed E-state index contributed by atoms with van der Waals surface area (Å²) in [6, 6.07) is 2.76. The normalized spacial score (nSPS) is 15.9. The highest BCUT2D eigenvalue weighted by Gasteiger charge is 2.39. The zero-order valence-electron chi connectivity index (χ0n) is 11.6. The zero-order chi connectivity index (χ0) is 16.0. The number of sulfonamides is 1. The van der Waals surface area contributed by atoms with Crippen LogP contribution in [0.2, 0.25) is 5.02 Å². The molecule has 3 N–H and O–H groups in total. The average molecular weight is 396 g/mol. The molecule has 1 aliphatic carbocycles. The number of rotatable bonds is 4. The minimum absolute atomic E-state index is 0.0868. The van der Waals surface area contributed by atoms with Crippen LogP contribution in [0.1, 0.15) is 37.0 Å². The van der Waals surface area contributed by atoms with Gasteiger partial charge in [-0.25, -0.2) is 13.6 Å². The summed E-state index contributed by atoms with van der Waals surface area (Å²) >= 11 is 9.21. The van der Waals surface area contributed by atoms with Gasteiger partial charge in [0.15, 0.2) is 0 Å². The zero-order valence-corrected chi connectivity index (χ0v) is 14.8. The lowest BCUT2D eigenvalue weighted by molar-refractivity contribution is 0.0903. The summed E-state index contributed by atoms with van der Waals surface area (Å²) in [5, 5.41) is 7.86. The number of carbonyl (C=O) groups is 1. The molecule has 1 fully saturated rings. The molecule has 0 saturated heterocycles. The van der Waals surface area contributed by atoms with E-state index in [0.29, 0.717) is 10.4 Å². The Morgan fingerprint density at radius 1 is 1.43 bits per heavy atom. The van der Waals surface area contributed by atoms with Gasteiger partial charge >= 0.3 is 0 Å². The molecule has 2 rings (SSSR count). The summed E-state index contributed by atoms with van der Waals surface area (Å²) in [5.41, 5.74) is -0.270. The van der Waals surface area contributed by atoms with Gasteiger partial charge in [-0.1, -0.05) is 27.5 Å². The van der Waals surface area contributed by atoms with Crippen LogP contribution in [0.5, 0.6) is 0 Å². The van der Waals surface area contributed by atoms with Crippen molar-refractivity contribution in [3.8, 4) is 0 Å². The summed E-state index contributed by atoms with van der Waals surface area (Å²) in [7, 11) is -4.00. The lowest BCUT2D eigenvalue weighted by Gasteiger charge is -2.26. The quantitative estimate of drug-likeness (QED) is 0.821. The molecule has 1 aromatic rings. The van der Waals surface area contributed by atoms with Crippen molar-refractivity contribution in [2.45, 2.75) is 37.1 Å². The minimum atomic E-state index is -4.00. The lowest BCUT2D eigenvalue weighted by Crippen LogP contribution is -2.45. The van der Waals surface area contributed by atoms with Crippen molar-refractivity contribution < 1.29 is 13.2 Å². The van der Waals surface area contributed by atoms with Crippen molar-refractivity contribution in [2.75, 3.05) is 0 Å². The van der Waals surface area contributed by atoms with E-state index in [4.69, 9.17) is 16.7 Å². The summed E-state index contributed by atoms with van der Waals surface area (Å²) < 4.78 is 23.5. The maximum atomic E-state index is 12.4. The summed E-state index contributed by atoms with van der Waals surface area (Å²) in [6.45, 7) is 3.88. The number of hydrogen-bond acceptors (Lipinski definition) is 3. The van der Waals surface area contributed by atoms with Crippen LogP contribution in [0, 0.1) is 5.92 Å². The fraction of sp³-hybridized carbons (Fsp3) is 0.462. The first kappa shape index (κ1) is 16.7. The van der Waals surface area contributed by atoms with Gasteiger partial charge in [0.05, 0.1) is 10.6 Å². The molecule has 116 valence electrons. The van der Waals surface area contributed by atoms with E-state index in [-0.39, 0.29) is 21.0 Å². The Balaban J connectivity index is 2.39. The molecule has 0 heterocycles. The molecule has 1 amide bonds. The average Bonchev–Trinajstić information content (AvgIpc) is 3.13. The van der Waals surface area contributed by atoms with Crippen LogP contribution in [-0.4, -0.2) is 19.9 Å². The molecule has 0 aromatic heterocycles. The van der Waals surface area contributed by atoms with Gasteiger partial charge in [0.1, 0.15) is 4.90 Å². The molecule has 0 atom stereocenters. The third kappa shape index (κ3) is 3.77. The van der Waals surface area contributed by atoms with Gasteiger partial charge in [-0.2, -0.15) is 0 Å². The second-order valence-corrected chi connectivity index (χ2v) is 8.58. The van der Waals surface area contributed by atoms with Crippen LogP contribution in [-0.2, 0) is 10.0 Å². The molecule has 0 aliphatic heterocycles. The van der Waals surface area contributed by atoms with Crippen LogP contribution >= 0.6 is 27.5 Å². The molecule has 1 aliphatic rings. The first-order valence-electron chi connectivity index (χ1n) is 6.37. The molecule has 8 heteroatoms.